The second-order valence-corrected chi connectivity index (χ2v) is 6.81. The maximum absolute atomic E-state index is 13.2. The van der Waals surface area contributed by atoms with E-state index in [9.17, 15) is 4.79 Å². The van der Waals surface area contributed by atoms with Gasteiger partial charge in [-0.25, -0.2) is 4.98 Å². The zero-order valence-corrected chi connectivity index (χ0v) is 16.0. The number of nitrogens with one attached hydrogen (secondary N) is 1. The number of para-hydroxylation sites is 1. The summed E-state index contributed by atoms with van der Waals surface area (Å²) in [7, 11) is 0. The summed E-state index contributed by atoms with van der Waals surface area (Å²) in [4.78, 5) is 17.7. The third-order valence-electron chi connectivity index (χ3n) is 4.71. The minimum absolute atomic E-state index is 0.152. The summed E-state index contributed by atoms with van der Waals surface area (Å²) >= 11 is 0. The van der Waals surface area contributed by atoms with Gasteiger partial charge in [0.25, 0.3) is 11.6 Å². The van der Waals surface area contributed by atoms with Crippen LogP contribution in [0.2, 0.25) is 0 Å². The summed E-state index contributed by atoms with van der Waals surface area (Å²) in [6, 6.07) is 8.01. The van der Waals surface area contributed by atoms with Gasteiger partial charge in [-0.05, 0) is 42.9 Å². The van der Waals surface area contributed by atoms with Crippen LogP contribution in [0.15, 0.2) is 28.8 Å². The first-order valence-corrected chi connectivity index (χ1v) is 9.15. The van der Waals surface area contributed by atoms with E-state index in [0.29, 0.717) is 22.4 Å². The Labute approximate surface area is 153 Å². The predicted molar refractivity (Wildman–Crippen MR) is 104 cm³/mol. The number of rotatable bonds is 5. The lowest BCUT2D eigenvalue weighted by atomic mass is 10.0. The fourth-order valence-corrected chi connectivity index (χ4v) is 3.17. The van der Waals surface area contributed by atoms with Crippen molar-refractivity contribution in [2.45, 2.75) is 53.4 Å². The molecular weight excluding hydrogens is 326 g/mol. The van der Waals surface area contributed by atoms with Crippen molar-refractivity contribution < 1.29 is 9.32 Å². The lowest BCUT2D eigenvalue weighted by Crippen LogP contribution is -2.16. The Balaban J connectivity index is 2.10. The molecule has 1 aromatic carbocycles. The van der Waals surface area contributed by atoms with Crippen LogP contribution in [0.4, 0.5) is 5.69 Å². The molecule has 0 bridgehead atoms. The van der Waals surface area contributed by atoms with Crippen LogP contribution >= 0.6 is 0 Å². The van der Waals surface area contributed by atoms with E-state index < -0.39 is 0 Å². The van der Waals surface area contributed by atoms with Crippen molar-refractivity contribution in [3.63, 3.8) is 0 Å². The van der Waals surface area contributed by atoms with Gasteiger partial charge >= 0.3 is 0 Å². The molecule has 0 aliphatic heterocycles. The summed E-state index contributed by atoms with van der Waals surface area (Å²) in [5.41, 5.74) is 5.64. The van der Waals surface area contributed by atoms with Gasteiger partial charge in [0.1, 0.15) is 0 Å². The molecule has 2 heterocycles. The van der Waals surface area contributed by atoms with Crippen molar-refractivity contribution in [1.82, 2.24) is 10.1 Å². The molecule has 0 atom stereocenters. The number of benzene rings is 1. The predicted octanol–water partition coefficient (Wildman–Crippen LogP) is 5.03. The van der Waals surface area contributed by atoms with Gasteiger partial charge in [0.15, 0.2) is 0 Å². The standard InChI is InChI=1S/C21H25N3O2/c1-6-14-9-8-10-15(7-2)19(14)23-20(25)16-11-17(12(3)4)22-21-18(16)13(5)24-26-21/h8-12H,6-7H2,1-5H3,(H,23,25). The average Bonchev–Trinajstić information content (AvgIpc) is 3.02. The van der Waals surface area contributed by atoms with E-state index in [1.165, 1.54) is 0 Å². The third-order valence-corrected chi connectivity index (χ3v) is 4.71. The second kappa shape index (κ2) is 7.28. The molecule has 0 saturated carbocycles. The smallest absolute Gasteiger partial charge is 0.259 e. The molecule has 1 N–H and O–H groups in total. The molecule has 5 heteroatoms. The fraction of sp³-hybridized carbons (Fsp3) is 0.381. The molecule has 0 aliphatic rings. The Kier molecular flexibility index (Phi) is 5.07. The van der Waals surface area contributed by atoms with Crippen molar-refractivity contribution in [2.24, 2.45) is 0 Å². The lowest BCUT2D eigenvalue weighted by Gasteiger charge is -2.15. The minimum atomic E-state index is -0.152. The Morgan fingerprint density at radius 3 is 2.42 bits per heavy atom. The topological polar surface area (TPSA) is 68.0 Å². The van der Waals surface area contributed by atoms with Crippen LogP contribution in [-0.4, -0.2) is 16.0 Å². The highest BCUT2D eigenvalue weighted by Gasteiger charge is 2.21. The number of amides is 1. The number of carbonyl (C=O) groups excluding carboxylic acids is 1. The summed E-state index contributed by atoms with van der Waals surface area (Å²) in [5, 5.41) is 7.81. The molecule has 1 amide bonds. The lowest BCUT2D eigenvalue weighted by molar-refractivity contribution is 0.102. The van der Waals surface area contributed by atoms with Crippen LogP contribution in [0, 0.1) is 6.92 Å². The van der Waals surface area contributed by atoms with Gasteiger partial charge in [0.05, 0.1) is 16.6 Å². The first kappa shape index (κ1) is 18.1. The number of aromatic nitrogens is 2. The summed E-state index contributed by atoms with van der Waals surface area (Å²) in [6.07, 6.45) is 1.72. The van der Waals surface area contributed by atoms with Gasteiger partial charge in [0.2, 0.25) is 0 Å². The highest BCUT2D eigenvalue weighted by Crippen LogP contribution is 2.28. The summed E-state index contributed by atoms with van der Waals surface area (Å²) in [6.45, 7) is 10.1. The van der Waals surface area contributed by atoms with E-state index in [0.717, 1.165) is 35.3 Å². The SMILES string of the molecule is CCc1cccc(CC)c1NC(=O)c1cc(C(C)C)nc2onc(C)c12. The van der Waals surface area contributed by atoms with Crippen LogP contribution in [0.25, 0.3) is 11.1 Å². The average molecular weight is 351 g/mol. The van der Waals surface area contributed by atoms with Crippen LogP contribution in [0.3, 0.4) is 0 Å². The molecule has 5 nitrogen and oxygen atoms in total. The molecule has 0 unspecified atom stereocenters. The van der Waals surface area contributed by atoms with Crippen LogP contribution < -0.4 is 5.32 Å². The number of carbonyl (C=O) groups is 1. The molecule has 136 valence electrons. The van der Waals surface area contributed by atoms with E-state index in [-0.39, 0.29) is 11.8 Å². The van der Waals surface area contributed by atoms with Crippen molar-refractivity contribution in [2.75, 3.05) is 5.32 Å². The second-order valence-electron chi connectivity index (χ2n) is 6.81. The van der Waals surface area contributed by atoms with Gasteiger partial charge in [-0.1, -0.05) is 51.1 Å². The Morgan fingerprint density at radius 1 is 1.19 bits per heavy atom. The van der Waals surface area contributed by atoms with E-state index in [1.54, 1.807) is 0 Å². The van der Waals surface area contributed by atoms with E-state index in [4.69, 9.17) is 4.52 Å². The van der Waals surface area contributed by atoms with Crippen molar-refractivity contribution in [3.05, 3.63) is 52.3 Å². The molecule has 3 aromatic rings. The highest BCUT2D eigenvalue weighted by molar-refractivity contribution is 6.12. The maximum atomic E-state index is 13.2. The third kappa shape index (κ3) is 3.21. The molecule has 0 saturated heterocycles. The van der Waals surface area contributed by atoms with Gasteiger partial charge in [0, 0.05) is 11.4 Å². The highest BCUT2D eigenvalue weighted by atomic mass is 16.5. The molecule has 0 spiro atoms. The Bertz CT molecular complexity index is 935. The fourth-order valence-electron chi connectivity index (χ4n) is 3.17. The van der Waals surface area contributed by atoms with Crippen molar-refractivity contribution in [1.29, 1.82) is 0 Å². The Hall–Kier alpha value is -2.69. The molecule has 26 heavy (non-hydrogen) atoms. The number of hydrogen-bond acceptors (Lipinski definition) is 4. The summed E-state index contributed by atoms with van der Waals surface area (Å²) in [5.74, 6) is 0.0340. The van der Waals surface area contributed by atoms with Gasteiger partial charge < -0.3 is 9.84 Å². The van der Waals surface area contributed by atoms with Crippen molar-refractivity contribution in [3.8, 4) is 0 Å². The molecule has 3 rings (SSSR count). The first-order chi connectivity index (χ1) is 12.5. The summed E-state index contributed by atoms with van der Waals surface area (Å²) < 4.78 is 5.33. The number of anilines is 1. The normalized spacial score (nSPS) is 11.3. The number of aryl methyl sites for hydroxylation is 3. The number of nitrogens with zero attached hydrogens (tertiary/aromatic N) is 2. The first-order valence-electron chi connectivity index (χ1n) is 9.15. The molecule has 0 fully saturated rings. The molecule has 2 aromatic heterocycles. The monoisotopic (exact) mass is 351 g/mol. The van der Waals surface area contributed by atoms with E-state index in [2.05, 4.69) is 41.4 Å². The van der Waals surface area contributed by atoms with E-state index in [1.807, 2.05) is 32.9 Å². The van der Waals surface area contributed by atoms with Gasteiger partial charge in [-0.15, -0.1) is 0 Å². The van der Waals surface area contributed by atoms with Crippen molar-refractivity contribution >= 4 is 22.7 Å². The maximum Gasteiger partial charge on any atom is 0.259 e. The zero-order chi connectivity index (χ0) is 18.8. The number of pyridine rings is 1. The van der Waals surface area contributed by atoms with E-state index >= 15 is 0 Å². The van der Waals surface area contributed by atoms with Gasteiger partial charge in [-0.3, -0.25) is 4.79 Å². The molecular formula is C21H25N3O2. The van der Waals surface area contributed by atoms with Crippen LogP contribution in [0.5, 0.6) is 0 Å². The molecule has 0 aliphatic carbocycles. The number of fused-ring (bicyclic) bond motifs is 1. The van der Waals surface area contributed by atoms with Gasteiger partial charge in [-0.2, -0.15) is 0 Å². The Morgan fingerprint density at radius 2 is 1.85 bits per heavy atom. The quantitative estimate of drug-likeness (QED) is 0.700. The zero-order valence-electron chi connectivity index (χ0n) is 16.0. The minimum Gasteiger partial charge on any atom is -0.336 e. The van der Waals surface area contributed by atoms with Crippen LogP contribution in [0.1, 0.15) is 66.5 Å². The number of hydrogen-bond donors (Lipinski definition) is 1. The molecule has 0 radical (unpaired) electrons. The van der Waals surface area contributed by atoms with Crippen LogP contribution in [-0.2, 0) is 12.8 Å². The largest absolute Gasteiger partial charge is 0.336 e.